The van der Waals surface area contributed by atoms with Crippen LogP contribution < -0.4 is 0 Å². The summed E-state index contributed by atoms with van der Waals surface area (Å²) >= 11 is 0. The maximum atomic E-state index is 13.3. The second-order valence-corrected chi connectivity index (χ2v) is 14.1. The van der Waals surface area contributed by atoms with Crippen LogP contribution in [-0.4, -0.2) is 10.9 Å². The van der Waals surface area contributed by atoms with Gasteiger partial charge < -0.3 is 5.11 Å². The monoisotopic (exact) mass is 450 g/mol. The number of aliphatic hydroxyl groups is 1. The zero-order valence-electron chi connectivity index (χ0n) is 22.2. The Morgan fingerprint density at radius 2 is 1.70 bits per heavy atom. The molecule has 0 spiro atoms. The quantitative estimate of drug-likeness (QED) is 0.430. The van der Waals surface area contributed by atoms with Crippen LogP contribution >= 0.6 is 0 Å². The first-order valence-electron chi connectivity index (χ1n) is 13.6. The van der Waals surface area contributed by atoms with Crippen molar-refractivity contribution in [2.24, 2.45) is 50.7 Å². The molecular weight excluding hydrogens is 404 g/mol. The SMILES string of the molecule is C=C[C@@]12CC[C@]3(C)[C@H](CC[C@@H]4[C@@]5(C)CC=C(O)C(C)(C)[C@@H]5CC[C@]43C)C1=C(C(C)C)C(=O)C2. The Morgan fingerprint density at radius 1 is 1.00 bits per heavy atom. The van der Waals surface area contributed by atoms with Crippen molar-refractivity contribution in [3.8, 4) is 0 Å². The molecule has 0 amide bonds. The molecule has 7 atom stereocenters. The number of hydrogen-bond acceptors (Lipinski definition) is 2. The van der Waals surface area contributed by atoms with Gasteiger partial charge in [-0.2, -0.15) is 0 Å². The first-order valence-corrected chi connectivity index (χ1v) is 13.6. The number of rotatable bonds is 2. The number of ketones is 1. The van der Waals surface area contributed by atoms with Crippen LogP contribution in [0, 0.1) is 50.7 Å². The van der Waals surface area contributed by atoms with E-state index in [1.165, 1.54) is 37.7 Å². The highest BCUT2D eigenvalue weighted by Crippen LogP contribution is 2.76. The fourth-order valence-electron chi connectivity index (χ4n) is 10.5. The molecule has 0 aromatic carbocycles. The summed E-state index contributed by atoms with van der Waals surface area (Å²) in [6.07, 6.45) is 13.1. The molecule has 3 saturated carbocycles. The van der Waals surface area contributed by atoms with Gasteiger partial charge in [0, 0.05) is 17.3 Å². The molecule has 0 radical (unpaired) electrons. The standard InChI is InChI=1S/C31H46O2/c1-9-31-17-16-29(7)20(26(31)25(19(2)3)21(32)18-31)10-11-23-28(6)14-13-24(33)27(4,5)22(28)12-15-30(23,29)8/h9,13,19-20,22-23,33H,1,10-12,14-18H2,2-8H3/t20-,22+,23-,28+,29-,30-,31+/m1/s1. The van der Waals surface area contributed by atoms with Gasteiger partial charge in [0.05, 0.1) is 5.76 Å². The number of carbonyl (C=O) groups is 1. The number of carbonyl (C=O) groups excluding carboxylic acids is 1. The molecule has 3 fully saturated rings. The summed E-state index contributed by atoms with van der Waals surface area (Å²) in [6, 6.07) is 0. The Morgan fingerprint density at radius 3 is 2.33 bits per heavy atom. The summed E-state index contributed by atoms with van der Waals surface area (Å²) < 4.78 is 0. The minimum Gasteiger partial charge on any atom is -0.512 e. The van der Waals surface area contributed by atoms with Gasteiger partial charge in [-0.25, -0.2) is 0 Å². The third kappa shape index (κ3) is 2.65. The third-order valence-electron chi connectivity index (χ3n) is 12.4. The first kappa shape index (κ1) is 23.4. The van der Waals surface area contributed by atoms with Crippen LogP contribution in [0.4, 0.5) is 0 Å². The second kappa shape index (κ2) is 6.88. The summed E-state index contributed by atoms with van der Waals surface area (Å²) in [6.45, 7) is 21.0. The number of Topliss-reactive ketones (excluding diaryl/α,β-unsaturated/α-hetero) is 1. The van der Waals surface area contributed by atoms with Crippen molar-refractivity contribution in [3.05, 3.63) is 35.6 Å². The van der Waals surface area contributed by atoms with Crippen molar-refractivity contribution in [2.45, 2.75) is 99.8 Å². The maximum absolute atomic E-state index is 13.3. The first-order chi connectivity index (χ1) is 15.3. The van der Waals surface area contributed by atoms with Crippen LogP contribution in [0.2, 0.25) is 0 Å². The van der Waals surface area contributed by atoms with Gasteiger partial charge in [0.15, 0.2) is 5.78 Å². The van der Waals surface area contributed by atoms with E-state index >= 15 is 0 Å². The Balaban J connectivity index is 1.63. The lowest BCUT2D eigenvalue weighted by Crippen LogP contribution is -2.64. The zero-order chi connectivity index (χ0) is 24.2. The Labute approximate surface area is 202 Å². The van der Waals surface area contributed by atoms with Gasteiger partial charge in [-0.05, 0) is 102 Å². The van der Waals surface area contributed by atoms with Crippen molar-refractivity contribution in [3.63, 3.8) is 0 Å². The fraction of sp³-hybridized carbons (Fsp3) is 0.774. The van der Waals surface area contributed by atoms with Crippen molar-refractivity contribution >= 4 is 5.78 Å². The summed E-state index contributed by atoms with van der Waals surface area (Å²) in [4.78, 5) is 13.3. The molecular formula is C31H46O2. The molecule has 5 aliphatic rings. The summed E-state index contributed by atoms with van der Waals surface area (Å²) in [5, 5.41) is 10.8. The molecule has 2 nitrogen and oxygen atoms in total. The molecule has 0 heterocycles. The van der Waals surface area contributed by atoms with E-state index in [2.05, 4.69) is 67.2 Å². The van der Waals surface area contributed by atoms with E-state index in [1.807, 2.05) is 0 Å². The molecule has 0 saturated heterocycles. The van der Waals surface area contributed by atoms with E-state index in [4.69, 9.17) is 0 Å². The van der Waals surface area contributed by atoms with Gasteiger partial charge in [0.2, 0.25) is 0 Å². The van der Waals surface area contributed by atoms with Crippen molar-refractivity contribution in [1.82, 2.24) is 0 Å². The molecule has 33 heavy (non-hydrogen) atoms. The van der Waals surface area contributed by atoms with Gasteiger partial charge in [0.25, 0.3) is 0 Å². The molecule has 0 unspecified atom stereocenters. The topological polar surface area (TPSA) is 37.3 Å². The van der Waals surface area contributed by atoms with Crippen LogP contribution in [0.25, 0.3) is 0 Å². The fourth-order valence-corrected chi connectivity index (χ4v) is 10.5. The molecule has 2 heteroatoms. The Hall–Kier alpha value is -1.31. The maximum Gasteiger partial charge on any atom is 0.160 e. The predicted octanol–water partition coefficient (Wildman–Crippen LogP) is 8.20. The van der Waals surface area contributed by atoms with Gasteiger partial charge in [-0.3, -0.25) is 4.79 Å². The molecule has 5 rings (SSSR count). The van der Waals surface area contributed by atoms with Gasteiger partial charge in [-0.15, -0.1) is 6.58 Å². The van der Waals surface area contributed by atoms with E-state index in [0.717, 1.165) is 18.4 Å². The van der Waals surface area contributed by atoms with Crippen LogP contribution in [0.3, 0.4) is 0 Å². The molecule has 0 bridgehead atoms. The highest BCUT2D eigenvalue weighted by Gasteiger charge is 2.69. The molecule has 0 aromatic rings. The smallest absolute Gasteiger partial charge is 0.160 e. The lowest BCUT2D eigenvalue weighted by atomic mass is 9.33. The molecule has 0 aromatic heterocycles. The van der Waals surface area contributed by atoms with E-state index in [-0.39, 0.29) is 27.1 Å². The lowest BCUT2D eigenvalue weighted by molar-refractivity contribution is -0.200. The minimum absolute atomic E-state index is 0.0908. The molecule has 5 aliphatic carbocycles. The Kier molecular flexibility index (Phi) is 4.89. The van der Waals surface area contributed by atoms with Crippen molar-refractivity contribution in [2.75, 3.05) is 0 Å². The van der Waals surface area contributed by atoms with Crippen LogP contribution in [0.1, 0.15) is 99.8 Å². The Bertz CT molecular complexity index is 965. The summed E-state index contributed by atoms with van der Waals surface area (Å²) in [5.74, 6) is 2.98. The number of allylic oxidation sites excluding steroid dienone is 5. The highest BCUT2D eigenvalue weighted by atomic mass is 16.3. The summed E-state index contributed by atoms with van der Waals surface area (Å²) in [5.41, 5.74) is 3.12. The number of fused-ring (bicyclic) bond motifs is 7. The second-order valence-electron chi connectivity index (χ2n) is 14.1. The molecule has 0 aliphatic heterocycles. The number of aliphatic hydroxyl groups excluding tert-OH is 1. The van der Waals surface area contributed by atoms with E-state index in [0.29, 0.717) is 41.6 Å². The molecule has 182 valence electrons. The van der Waals surface area contributed by atoms with Crippen LogP contribution in [0.5, 0.6) is 0 Å². The predicted molar refractivity (Wildman–Crippen MR) is 136 cm³/mol. The highest BCUT2D eigenvalue weighted by molar-refractivity contribution is 6.01. The van der Waals surface area contributed by atoms with Crippen molar-refractivity contribution < 1.29 is 9.90 Å². The zero-order valence-corrected chi connectivity index (χ0v) is 22.2. The summed E-state index contributed by atoms with van der Waals surface area (Å²) in [7, 11) is 0. The molecule has 1 N–H and O–H groups in total. The average molecular weight is 451 g/mol. The average Bonchev–Trinajstić information content (AvgIpc) is 3.04. The lowest BCUT2D eigenvalue weighted by Gasteiger charge is -2.71. The van der Waals surface area contributed by atoms with E-state index in [9.17, 15) is 9.90 Å². The normalized spacial score (nSPS) is 48.5. The van der Waals surface area contributed by atoms with E-state index in [1.54, 1.807) is 0 Å². The third-order valence-corrected chi connectivity index (χ3v) is 12.4. The minimum atomic E-state index is -0.137. The van der Waals surface area contributed by atoms with Gasteiger partial charge in [-0.1, -0.05) is 54.5 Å². The number of hydrogen-bond donors (Lipinski definition) is 1. The largest absolute Gasteiger partial charge is 0.512 e. The van der Waals surface area contributed by atoms with Gasteiger partial charge in [0.1, 0.15) is 0 Å². The van der Waals surface area contributed by atoms with Gasteiger partial charge >= 0.3 is 0 Å². The van der Waals surface area contributed by atoms with Crippen LogP contribution in [-0.2, 0) is 4.79 Å². The van der Waals surface area contributed by atoms with E-state index < -0.39 is 0 Å². The van der Waals surface area contributed by atoms with Crippen LogP contribution in [0.15, 0.2) is 35.6 Å². The van der Waals surface area contributed by atoms with Crippen molar-refractivity contribution in [1.29, 1.82) is 0 Å².